The summed E-state index contributed by atoms with van der Waals surface area (Å²) in [6, 6.07) is 103. The van der Waals surface area contributed by atoms with Gasteiger partial charge in [-0.1, -0.05) is 218 Å². The first-order valence-corrected chi connectivity index (χ1v) is 26.2. The van der Waals surface area contributed by atoms with Gasteiger partial charge in [-0.25, -0.2) is 0 Å². The van der Waals surface area contributed by atoms with Crippen LogP contribution in [0.2, 0.25) is 0 Å². The molecule has 0 radical (unpaired) electrons. The van der Waals surface area contributed by atoms with Gasteiger partial charge in [-0.05, 0) is 127 Å². The van der Waals surface area contributed by atoms with Gasteiger partial charge in [0.1, 0.15) is 11.2 Å². The van der Waals surface area contributed by atoms with E-state index in [-0.39, 0.29) is 0 Å². The lowest BCUT2D eigenvalue weighted by Gasteiger charge is -2.39. The SMILES string of the molecule is c1ccc(-c2cccc(-c3ccccc3N(c3ccc(-c4ccc5c(c4)C4(c6ccccc6-5)c5ccccc5-n5c6ccccc6c6cccc4c65)cc3)c3ccc(-c4cccc5c4oc4ccccc45)cc3)c2)cc1. The quantitative estimate of drug-likeness (QED) is 0.159. The number of hydrogen-bond acceptors (Lipinski definition) is 2. The zero-order valence-electron chi connectivity index (χ0n) is 41.4. The average molecular weight is 967 g/mol. The van der Waals surface area contributed by atoms with Gasteiger partial charge in [0.15, 0.2) is 0 Å². The summed E-state index contributed by atoms with van der Waals surface area (Å²) in [7, 11) is 0. The average Bonchev–Trinajstić information content (AvgIpc) is 4.35. The predicted octanol–water partition coefficient (Wildman–Crippen LogP) is 19.5. The molecule has 3 heterocycles. The number of hydrogen-bond donors (Lipinski definition) is 0. The van der Waals surface area contributed by atoms with Gasteiger partial charge in [0.25, 0.3) is 0 Å². The molecule has 0 amide bonds. The Bertz CT molecular complexity index is 4640. The molecule has 12 aromatic carbocycles. The normalized spacial score (nSPS) is 14.1. The Morgan fingerprint density at radius 3 is 1.72 bits per heavy atom. The topological polar surface area (TPSA) is 21.3 Å². The largest absolute Gasteiger partial charge is 0.455 e. The van der Waals surface area contributed by atoms with Crippen molar-refractivity contribution in [1.82, 2.24) is 4.57 Å². The third kappa shape index (κ3) is 6.11. The molecule has 0 bridgehead atoms. The summed E-state index contributed by atoms with van der Waals surface area (Å²) in [5.41, 5.74) is 25.3. The molecule has 14 aromatic rings. The lowest BCUT2D eigenvalue weighted by Crippen LogP contribution is -2.33. The van der Waals surface area contributed by atoms with Crippen molar-refractivity contribution >= 4 is 60.8 Å². The maximum atomic E-state index is 6.52. The van der Waals surface area contributed by atoms with Crippen molar-refractivity contribution in [3.63, 3.8) is 0 Å². The first-order valence-electron chi connectivity index (χ1n) is 26.2. The van der Waals surface area contributed by atoms with Crippen LogP contribution in [0.1, 0.15) is 22.3 Å². The Balaban J connectivity index is 0.848. The highest BCUT2D eigenvalue weighted by molar-refractivity contribution is 6.13. The van der Waals surface area contributed by atoms with E-state index >= 15 is 0 Å². The van der Waals surface area contributed by atoms with Crippen LogP contribution in [0.25, 0.3) is 105 Å². The Morgan fingerprint density at radius 2 is 0.868 bits per heavy atom. The van der Waals surface area contributed by atoms with Crippen LogP contribution in [0.4, 0.5) is 17.1 Å². The molecule has 0 saturated heterocycles. The van der Waals surface area contributed by atoms with Crippen molar-refractivity contribution in [3.8, 4) is 61.3 Å². The minimum absolute atomic E-state index is 0.525. The van der Waals surface area contributed by atoms with Crippen molar-refractivity contribution in [3.05, 3.63) is 301 Å². The van der Waals surface area contributed by atoms with Gasteiger partial charge in [-0.3, -0.25) is 0 Å². The van der Waals surface area contributed by atoms with E-state index in [9.17, 15) is 0 Å². The second-order valence-corrected chi connectivity index (χ2v) is 20.3. The number of aromatic nitrogens is 1. The summed E-state index contributed by atoms with van der Waals surface area (Å²) < 4.78 is 9.04. The fourth-order valence-corrected chi connectivity index (χ4v) is 13.1. The molecule has 16 rings (SSSR count). The molecule has 0 fully saturated rings. The lowest BCUT2D eigenvalue weighted by atomic mass is 9.65. The van der Waals surface area contributed by atoms with Crippen LogP contribution in [0, 0.1) is 0 Å². The molecule has 2 aliphatic rings. The number of nitrogens with zero attached hydrogens (tertiary/aromatic N) is 2. The van der Waals surface area contributed by atoms with Crippen LogP contribution in [0.15, 0.2) is 283 Å². The standard InChI is InChI=1S/C73H46N2O/c1-2-17-47(18-3-1)50-19-14-20-52(45-50)55-21-5-10-31-67(55)74(54-42-37-49(38-43-54)56-25-15-27-62-60-24-7-13-34-70(60)76-72(56)62)53-40-35-48(36-41-53)51-39-44-58-57-22-4-8-28-63(57)73(66(58)46-51)64-29-9-12-33-69(64)75-68-32-11-6-23-59(68)61-26-16-30-65(73)71(61)75/h1-46H. The molecule has 3 nitrogen and oxygen atoms in total. The Hall–Kier alpha value is -9.96. The van der Waals surface area contributed by atoms with Crippen LogP contribution in [0.3, 0.4) is 0 Å². The summed E-state index contributed by atoms with van der Waals surface area (Å²) in [5.74, 6) is 0. The number of rotatable bonds is 7. The zero-order chi connectivity index (χ0) is 49.9. The first-order chi connectivity index (χ1) is 37.7. The summed E-state index contributed by atoms with van der Waals surface area (Å²) in [6.07, 6.45) is 0. The molecule has 3 heteroatoms. The van der Waals surface area contributed by atoms with Crippen LogP contribution >= 0.6 is 0 Å². The predicted molar refractivity (Wildman–Crippen MR) is 315 cm³/mol. The van der Waals surface area contributed by atoms with E-state index in [1.54, 1.807) is 0 Å². The minimum atomic E-state index is -0.525. The van der Waals surface area contributed by atoms with E-state index in [0.717, 1.165) is 66.8 Å². The van der Waals surface area contributed by atoms with Gasteiger partial charge in [-0.15, -0.1) is 0 Å². The number of furan rings is 1. The fraction of sp³-hybridized carbons (Fsp3) is 0.0137. The summed E-state index contributed by atoms with van der Waals surface area (Å²) in [5, 5.41) is 4.82. The molecule has 2 aromatic heterocycles. The first kappa shape index (κ1) is 42.5. The van der Waals surface area contributed by atoms with Crippen LogP contribution in [0.5, 0.6) is 0 Å². The van der Waals surface area contributed by atoms with E-state index in [1.165, 1.54) is 77.6 Å². The maximum absolute atomic E-state index is 6.52. The van der Waals surface area contributed by atoms with Gasteiger partial charge in [-0.2, -0.15) is 0 Å². The third-order valence-corrected chi connectivity index (χ3v) is 16.4. The third-order valence-electron chi connectivity index (χ3n) is 16.4. The van der Waals surface area contributed by atoms with E-state index < -0.39 is 5.41 Å². The highest BCUT2D eigenvalue weighted by Gasteiger charge is 2.50. The smallest absolute Gasteiger partial charge is 0.143 e. The van der Waals surface area contributed by atoms with Crippen LogP contribution in [-0.4, -0.2) is 4.57 Å². The van der Waals surface area contributed by atoms with Gasteiger partial charge >= 0.3 is 0 Å². The fourth-order valence-electron chi connectivity index (χ4n) is 13.1. The molecule has 0 N–H and O–H groups in total. The van der Waals surface area contributed by atoms with Crippen molar-refractivity contribution < 1.29 is 4.42 Å². The Kier molecular flexibility index (Phi) is 9.25. The number of para-hydroxylation sites is 6. The van der Waals surface area contributed by atoms with Crippen molar-refractivity contribution in [2.24, 2.45) is 0 Å². The van der Waals surface area contributed by atoms with Crippen molar-refractivity contribution in [2.75, 3.05) is 4.90 Å². The minimum Gasteiger partial charge on any atom is -0.455 e. The summed E-state index contributed by atoms with van der Waals surface area (Å²) in [4.78, 5) is 2.41. The van der Waals surface area contributed by atoms with E-state index in [2.05, 4.69) is 276 Å². The second kappa shape index (κ2) is 16.5. The molecule has 76 heavy (non-hydrogen) atoms. The molecule has 1 unspecified atom stereocenters. The number of fused-ring (bicyclic) bond motifs is 15. The van der Waals surface area contributed by atoms with Crippen molar-refractivity contribution in [2.45, 2.75) is 5.41 Å². The monoisotopic (exact) mass is 966 g/mol. The summed E-state index contributed by atoms with van der Waals surface area (Å²) >= 11 is 0. The molecular weight excluding hydrogens is 921 g/mol. The number of anilines is 3. The van der Waals surface area contributed by atoms with Gasteiger partial charge in [0.2, 0.25) is 0 Å². The van der Waals surface area contributed by atoms with Gasteiger partial charge in [0.05, 0.1) is 27.8 Å². The van der Waals surface area contributed by atoms with Gasteiger partial charge in [0, 0.05) is 44.0 Å². The lowest BCUT2D eigenvalue weighted by molar-refractivity contribution is 0.670. The van der Waals surface area contributed by atoms with E-state index in [0.29, 0.717) is 0 Å². The van der Waals surface area contributed by atoms with Crippen molar-refractivity contribution in [1.29, 1.82) is 0 Å². The molecule has 1 aliphatic carbocycles. The molecule has 1 spiro atoms. The molecule has 1 aliphatic heterocycles. The second-order valence-electron chi connectivity index (χ2n) is 20.3. The summed E-state index contributed by atoms with van der Waals surface area (Å²) in [6.45, 7) is 0. The van der Waals surface area contributed by atoms with E-state index in [1.807, 2.05) is 12.1 Å². The van der Waals surface area contributed by atoms with Crippen LogP contribution in [-0.2, 0) is 5.41 Å². The van der Waals surface area contributed by atoms with Crippen LogP contribution < -0.4 is 4.90 Å². The molecule has 1 atom stereocenters. The highest BCUT2D eigenvalue weighted by Crippen LogP contribution is 2.61. The molecular formula is C73H46N2O. The zero-order valence-corrected chi connectivity index (χ0v) is 41.4. The van der Waals surface area contributed by atoms with Gasteiger partial charge < -0.3 is 13.9 Å². The van der Waals surface area contributed by atoms with E-state index in [4.69, 9.17) is 4.42 Å². The Morgan fingerprint density at radius 1 is 0.316 bits per heavy atom. The molecule has 0 saturated carbocycles. The highest BCUT2D eigenvalue weighted by atomic mass is 16.3. The molecule has 354 valence electrons. The Labute approximate surface area is 440 Å². The number of benzene rings is 12. The maximum Gasteiger partial charge on any atom is 0.143 e.